The Morgan fingerprint density at radius 3 is 2.23 bits per heavy atom. The third-order valence-electron chi connectivity index (χ3n) is 2.38. The van der Waals surface area contributed by atoms with Crippen molar-refractivity contribution in [2.75, 3.05) is 40.9 Å². The Balaban J connectivity index is 4.06. The number of phosphoric ester groups is 1. The summed E-state index contributed by atoms with van der Waals surface area (Å²) in [4.78, 5) is 28.9. The minimum Gasteiger partial charge on any atom is -0.462 e. The van der Waals surface area contributed by atoms with Crippen LogP contribution in [0.4, 0.5) is 0 Å². The van der Waals surface area contributed by atoms with Crippen LogP contribution in [0.3, 0.4) is 0 Å². The van der Waals surface area contributed by atoms with Gasteiger partial charge in [0.25, 0.3) is 0 Å². The molecule has 0 spiro atoms. The highest BCUT2D eigenvalue weighted by atomic mass is 31.2. The second-order valence-corrected chi connectivity index (χ2v) is 7.18. The van der Waals surface area contributed by atoms with Crippen molar-refractivity contribution in [3.63, 3.8) is 0 Å². The number of hydrogen-bond acceptors (Lipinski definition) is 5. The fourth-order valence-corrected chi connectivity index (χ4v) is 1.86. The molecule has 22 heavy (non-hydrogen) atoms. The summed E-state index contributed by atoms with van der Waals surface area (Å²) in [6, 6.07) is 0. The van der Waals surface area contributed by atoms with E-state index in [0.29, 0.717) is 22.9 Å². The van der Waals surface area contributed by atoms with E-state index in [0.717, 1.165) is 0 Å². The second-order valence-electron chi connectivity index (χ2n) is 5.99. The van der Waals surface area contributed by atoms with Crippen LogP contribution in [0.15, 0.2) is 12.2 Å². The summed E-state index contributed by atoms with van der Waals surface area (Å²) in [5, 5.41) is 0. The maximum Gasteiger partial charge on any atom is 0.472 e. The van der Waals surface area contributed by atoms with Crippen LogP contribution in [0.5, 0.6) is 0 Å². The number of hydrogen-bond donors (Lipinski definition) is 2. The molecule has 0 aliphatic rings. The van der Waals surface area contributed by atoms with Crippen molar-refractivity contribution < 1.29 is 37.6 Å². The molecule has 0 rings (SSSR count). The van der Waals surface area contributed by atoms with E-state index in [2.05, 4.69) is 11.1 Å². The van der Waals surface area contributed by atoms with E-state index in [1.54, 1.807) is 6.92 Å². The highest BCUT2D eigenvalue weighted by Crippen LogP contribution is 2.38. The van der Waals surface area contributed by atoms with Crippen LogP contribution in [0.2, 0.25) is 0 Å². The van der Waals surface area contributed by atoms with Gasteiger partial charge in [-0.15, -0.1) is 0 Å². The van der Waals surface area contributed by atoms with E-state index in [4.69, 9.17) is 19.3 Å². The van der Waals surface area contributed by atoms with Crippen LogP contribution in [-0.4, -0.2) is 67.4 Å². The number of quaternary nitrogens is 1. The summed E-state index contributed by atoms with van der Waals surface area (Å²) in [7, 11) is 0.965. The number of likely N-dealkylation sites (N-methyl/N-ethyl adjacent to an activating group) is 1. The zero-order valence-electron chi connectivity index (χ0n) is 13.7. The standard InChI is InChI=1S/C13H26NO7P/c1-11(2)13(15)20-9-7-6-8-19-12(10-14(3,4)5)21-22(16,17)18/h12H,1,6-10H2,2-5H3,(H-,16,17,18)/p+1. The molecule has 0 saturated carbocycles. The van der Waals surface area contributed by atoms with Crippen molar-refractivity contribution in [1.82, 2.24) is 0 Å². The zero-order valence-corrected chi connectivity index (χ0v) is 14.5. The summed E-state index contributed by atoms with van der Waals surface area (Å²) >= 11 is 0. The lowest BCUT2D eigenvalue weighted by Crippen LogP contribution is -2.43. The van der Waals surface area contributed by atoms with Crippen molar-refractivity contribution in [1.29, 1.82) is 0 Å². The van der Waals surface area contributed by atoms with Gasteiger partial charge in [0.2, 0.25) is 6.29 Å². The van der Waals surface area contributed by atoms with Crippen LogP contribution < -0.4 is 0 Å². The molecular weight excluding hydrogens is 313 g/mol. The third-order valence-corrected chi connectivity index (χ3v) is 2.89. The molecule has 1 atom stereocenters. The van der Waals surface area contributed by atoms with Crippen LogP contribution in [0.25, 0.3) is 0 Å². The first-order chi connectivity index (χ1) is 9.91. The molecule has 0 saturated heterocycles. The molecule has 0 heterocycles. The van der Waals surface area contributed by atoms with E-state index in [-0.39, 0.29) is 19.8 Å². The van der Waals surface area contributed by atoms with Crippen molar-refractivity contribution in [3.8, 4) is 0 Å². The first kappa shape index (κ1) is 21.2. The molecule has 1 unspecified atom stereocenters. The highest BCUT2D eigenvalue weighted by molar-refractivity contribution is 7.46. The van der Waals surface area contributed by atoms with E-state index >= 15 is 0 Å². The smallest absolute Gasteiger partial charge is 0.462 e. The monoisotopic (exact) mass is 340 g/mol. The van der Waals surface area contributed by atoms with E-state index in [9.17, 15) is 9.36 Å². The summed E-state index contributed by atoms with van der Waals surface area (Å²) in [5.74, 6) is -0.436. The molecule has 0 aromatic carbocycles. The summed E-state index contributed by atoms with van der Waals surface area (Å²) in [5.41, 5.74) is 0.342. The van der Waals surface area contributed by atoms with Gasteiger partial charge in [0.1, 0.15) is 6.54 Å². The first-order valence-electron chi connectivity index (χ1n) is 6.89. The molecule has 0 aromatic heterocycles. The molecule has 0 aliphatic carbocycles. The Hall–Kier alpha value is -0.760. The van der Waals surface area contributed by atoms with Gasteiger partial charge in [-0.2, -0.15) is 0 Å². The lowest BCUT2D eigenvalue weighted by atomic mass is 10.3. The Bertz CT molecular complexity index is 413. The average molecular weight is 340 g/mol. The molecule has 8 nitrogen and oxygen atoms in total. The minimum atomic E-state index is -4.61. The quantitative estimate of drug-likeness (QED) is 0.145. The van der Waals surface area contributed by atoms with E-state index < -0.39 is 20.1 Å². The highest BCUT2D eigenvalue weighted by Gasteiger charge is 2.27. The van der Waals surface area contributed by atoms with Gasteiger partial charge in [-0.1, -0.05) is 6.58 Å². The Labute approximate surface area is 131 Å². The number of ether oxygens (including phenoxy) is 2. The van der Waals surface area contributed by atoms with E-state index in [1.165, 1.54) is 0 Å². The number of nitrogens with zero attached hydrogens (tertiary/aromatic N) is 1. The molecule has 9 heteroatoms. The van der Waals surface area contributed by atoms with Gasteiger partial charge in [-0.05, 0) is 19.8 Å². The molecule has 0 bridgehead atoms. The van der Waals surface area contributed by atoms with Crippen molar-refractivity contribution in [2.24, 2.45) is 0 Å². The predicted molar refractivity (Wildman–Crippen MR) is 80.8 cm³/mol. The van der Waals surface area contributed by atoms with Crippen LogP contribution >= 0.6 is 7.82 Å². The number of phosphoric acid groups is 1. The van der Waals surface area contributed by atoms with Crippen LogP contribution in [0.1, 0.15) is 19.8 Å². The van der Waals surface area contributed by atoms with Gasteiger partial charge in [-0.3, -0.25) is 4.52 Å². The van der Waals surface area contributed by atoms with Gasteiger partial charge in [-0.25, -0.2) is 9.36 Å². The van der Waals surface area contributed by atoms with Crippen LogP contribution in [-0.2, 0) is 23.4 Å². The molecular formula is C13H27NO7P+. The molecule has 0 radical (unpaired) electrons. The number of carbonyl (C=O) groups is 1. The number of rotatable bonds is 11. The zero-order chi connectivity index (χ0) is 17.4. The third kappa shape index (κ3) is 12.9. The number of unbranched alkanes of at least 4 members (excludes halogenated alkanes) is 1. The summed E-state index contributed by atoms with van der Waals surface area (Å²) < 4.78 is 26.3. The maximum atomic E-state index is 11.1. The number of esters is 1. The molecule has 130 valence electrons. The SMILES string of the molecule is C=C(C)C(=O)OCCCCOC(C[N+](C)(C)C)OP(=O)(O)O. The minimum absolute atomic E-state index is 0.244. The topological polar surface area (TPSA) is 102 Å². The van der Waals surface area contributed by atoms with Gasteiger partial charge in [0, 0.05) is 5.57 Å². The van der Waals surface area contributed by atoms with Crippen molar-refractivity contribution >= 4 is 13.8 Å². The van der Waals surface area contributed by atoms with Crippen molar-refractivity contribution in [3.05, 3.63) is 12.2 Å². The fraction of sp³-hybridized carbons (Fsp3) is 0.769. The lowest BCUT2D eigenvalue weighted by Gasteiger charge is -2.29. The normalized spacial score (nSPS) is 13.7. The number of carbonyl (C=O) groups excluding carboxylic acids is 1. The fourth-order valence-electron chi connectivity index (χ4n) is 1.42. The first-order valence-corrected chi connectivity index (χ1v) is 8.42. The van der Waals surface area contributed by atoms with Crippen LogP contribution in [0, 0.1) is 0 Å². The predicted octanol–water partition coefficient (Wildman–Crippen LogP) is 1.04. The second kappa shape index (κ2) is 9.39. The van der Waals surface area contributed by atoms with Gasteiger partial charge >= 0.3 is 13.8 Å². The molecule has 2 N–H and O–H groups in total. The largest absolute Gasteiger partial charge is 0.472 e. The maximum absolute atomic E-state index is 11.1. The Morgan fingerprint density at radius 2 is 1.77 bits per heavy atom. The molecule has 0 aromatic rings. The molecule has 0 aliphatic heterocycles. The summed E-state index contributed by atoms with van der Waals surface area (Å²) in [6.45, 7) is 5.82. The van der Waals surface area contributed by atoms with Crippen molar-refractivity contribution in [2.45, 2.75) is 26.1 Å². The average Bonchev–Trinajstić information content (AvgIpc) is 2.28. The molecule has 0 fully saturated rings. The molecule has 0 amide bonds. The van der Waals surface area contributed by atoms with E-state index in [1.807, 2.05) is 21.1 Å². The van der Waals surface area contributed by atoms with Gasteiger partial charge < -0.3 is 23.7 Å². The Morgan fingerprint density at radius 1 is 1.23 bits per heavy atom. The summed E-state index contributed by atoms with van der Waals surface area (Å²) in [6.07, 6.45) is 0.145. The van der Waals surface area contributed by atoms with Gasteiger partial charge in [0.15, 0.2) is 0 Å². The lowest BCUT2D eigenvalue weighted by molar-refractivity contribution is -0.876. The Kier molecular flexibility index (Phi) is 9.07. The van der Waals surface area contributed by atoms with Gasteiger partial charge in [0.05, 0.1) is 34.4 Å².